The molecule has 0 unspecified atom stereocenters. The molecule has 1 saturated heterocycles. The average Bonchev–Trinajstić information content (AvgIpc) is 3.20. The van der Waals surface area contributed by atoms with E-state index in [0.29, 0.717) is 18.9 Å². The van der Waals surface area contributed by atoms with Crippen LogP contribution in [-0.2, 0) is 11.8 Å². The van der Waals surface area contributed by atoms with Crippen molar-refractivity contribution in [2.24, 2.45) is 7.05 Å². The summed E-state index contributed by atoms with van der Waals surface area (Å²) in [5.41, 5.74) is 1.38. The van der Waals surface area contributed by atoms with Crippen molar-refractivity contribution in [3.05, 3.63) is 35.5 Å². The van der Waals surface area contributed by atoms with Crippen molar-refractivity contribution in [2.45, 2.75) is 26.0 Å². The zero-order chi connectivity index (χ0) is 17.1. The summed E-state index contributed by atoms with van der Waals surface area (Å²) in [6.07, 6.45) is 3.72. The molecule has 3 heterocycles. The molecule has 1 amide bonds. The Balaban J connectivity index is 1.70. The Kier molecular flexibility index (Phi) is 4.96. The third-order valence-electron chi connectivity index (χ3n) is 4.25. The van der Waals surface area contributed by atoms with Crippen LogP contribution in [0, 0.1) is 6.92 Å². The summed E-state index contributed by atoms with van der Waals surface area (Å²) in [4.78, 5) is 14.5. The lowest BCUT2D eigenvalue weighted by atomic mass is 10.0. The molecule has 24 heavy (non-hydrogen) atoms. The van der Waals surface area contributed by atoms with Gasteiger partial charge in [0.15, 0.2) is 5.69 Å². The van der Waals surface area contributed by atoms with Gasteiger partial charge in [0.1, 0.15) is 5.76 Å². The zero-order valence-corrected chi connectivity index (χ0v) is 14.2. The van der Waals surface area contributed by atoms with E-state index in [9.17, 15) is 4.79 Å². The molecule has 1 N–H and O–H groups in total. The number of carbonyl (C=O) groups excluding carboxylic acids is 1. The largest absolute Gasteiger partial charge is 0.373 e. The lowest BCUT2D eigenvalue weighted by Crippen LogP contribution is -2.49. The van der Waals surface area contributed by atoms with Gasteiger partial charge in [-0.15, -0.1) is 0 Å². The van der Waals surface area contributed by atoms with Crippen LogP contribution in [0.25, 0.3) is 0 Å². The first-order valence-electron chi connectivity index (χ1n) is 8.14. The summed E-state index contributed by atoms with van der Waals surface area (Å²) in [7, 11) is 1.90. The van der Waals surface area contributed by atoms with Gasteiger partial charge in [0.05, 0.1) is 24.9 Å². The maximum absolute atomic E-state index is 12.2. The molecule has 2 aromatic heterocycles. The van der Waals surface area contributed by atoms with Crippen LogP contribution in [0.5, 0.6) is 0 Å². The second-order valence-electron chi connectivity index (χ2n) is 5.96. The van der Waals surface area contributed by atoms with E-state index in [1.54, 1.807) is 17.7 Å². The molecule has 0 aromatic carbocycles. The van der Waals surface area contributed by atoms with Crippen molar-refractivity contribution >= 4 is 5.91 Å². The SMILES string of the molecule is CCN1CCO[C@@H](CNC(=O)c2cc(C)on2)[C@@H]1c1cnn(C)c1. The monoisotopic (exact) mass is 333 g/mol. The average molecular weight is 333 g/mol. The van der Waals surface area contributed by atoms with E-state index in [1.807, 2.05) is 19.4 Å². The predicted molar refractivity (Wildman–Crippen MR) is 86.5 cm³/mol. The minimum Gasteiger partial charge on any atom is -0.373 e. The van der Waals surface area contributed by atoms with Gasteiger partial charge in [0.2, 0.25) is 0 Å². The highest BCUT2D eigenvalue weighted by Crippen LogP contribution is 2.28. The molecule has 130 valence electrons. The van der Waals surface area contributed by atoms with Crippen LogP contribution < -0.4 is 5.32 Å². The maximum Gasteiger partial charge on any atom is 0.273 e. The predicted octanol–water partition coefficient (Wildman–Crippen LogP) is 0.908. The van der Waals surface area contributed by atoms with Gasteiger partial charge < -0.3 is 14.6 Å². The summed E-state index contributed by atoms with van der Waals surface area (Å²) in [6.45, 7) is 6.71. The van der Waals surface area contributed by atoms with E-state index in [4.69, 9.17) is 9.26 Å². The fraction of sp³-hybridized carbons (Fsp3) is 0.562. The van der Waals surface area contributed by atoms with Gasteiger partial charge in [0, 0.05) is 38.0 Å². The molecule has 0 bridgehead atoms. The number of hydrogen-bond acceptors (Lipinski definition) is 6. The van der Waals surface area contributed by atoms with Crippen LogP contribution >= 0.6 is 0 Å². The molecule has 2 atom stereocenters. The Labute approximate surface area is 140 Å². The summed E-state index contributed by atoms with van der Waals surface area (Å²) in [5, 5.41) is 10.9. The number of likely N-dealkylation sites (N-methyl/N-ethyl adjacent to an activating group) is 1. The van der Waals surface area contributed by atoms with Crippen molar-refractivity contribution in [3.8, 4) is 0 Å². The fourth-order valence-electron chi connectivity index (χ4n) is 3.09. The van der Waals surface area contributed by atoms with Crippen LogP contribution in [-0.4, -0.2) is 58.1 Å². The van der Waals surface area contributed by atoms with Gasteiger partial charge >= 0.3 is 0 Å². The van der Waals surface area contributed by atoms with E-state index >= 15 is 0 Å². The van der Waals surface area contributed by atoms with Gasteiger partial charge in [0.25, 0.3) is 5.91 Å². The molecule has 3 rings (SSSR count). The number of nitrogens with one attached hydrogen (secondary N) is 1. The van der Waals surface area contributed by atoms with E-state index in [2.05, 4.69) is 27.4 Å². The Hall–Kier alpha value is -2.19. The summed E-state index contributed by atoms with van der Waals surface area (Å²) in [5.74, 6) is 0.355. The first kappa shape index (κ1) is 16.7. The molecule has 8 heteroatoms. The first-order chi connectivity index (χ1) is 11.6. The van der Waals surface area contributed by atoms with Gasteiger partial charge in [-0.2, -0.15) is 5.10 Å². The molecular formula is C16H23N5O3. The molecule has 0 saturated carbocycles. The summed E-state index contributed by atoms with van der Waals surface area (Å²) >= 11 is 0. The van der Waals surface area contributed by atoms with E-state index in [-0.39, 0.29) is 23.7 Å². The molecule has 0 radical (unpaired) electrons. The van der Waals surface area contributed by atoms with Crippen molar-refractivity contribution in [1.82, 2.24) is 25.2 Å². The second-order valence-corrected chi connectivity index (χ2v) is 5.96. The van der Waals surface area contributed by atoms with Crippen LogP contribution in [0.15, 0.2) is 23.0 Å². The van der Waals surface area contributed by atoms with Gasteiger partial charge in [-0.1, -0.05) is 12.1 Å². The Morgan fingerprint density at radius 1 is 1.50 bits per heavy atom. The van der Waals surface area contributed by atoms with Gasteiger partial charge in [-0.05, 0) is 13.5 Å². The molecule has 0 spiro atoms. The number of amides is 1. The third-order valence-corrected chi connectivity index (χ3v) is 4.25. The van der Waals surface area contributed by atoms with E-state index in [0.717, 1.165) is 18.7 Å². The number of nitrogens with zero attached hydrogens (tertiary/aromatic N) is 4. The lowest BCUT2D eigenvalue weighted by Gasteiger charge is -2.40. The Bertz CT molecular complexity index is 695. The highest BCUT2D eigenvalue weighted by atomic mass is 16.5. The quantitative estimate of drug-likeness (QED) is 0.875. The minimum absolute atomic E-state index is 0.0665. The van der Waals surface area contributed by atoms with Gasteiger partial charge in [-0.3, -0.25) is 14.4 Å². The van der Waals surface area contributed by atoms with Crippen LogP contribution in [0.3, 0.4) is 0 Å². The number of morpholine rings is 1. The number of carbonyl (C=O) groups is 1. The summed E-state index contributed by atoms with van der Waals surface area (Å²) < 4.78 is 12.7. The molecule has 8 nitrogen and oxygen atoms in total. The first-order valence-corrected chi connectivity index (χ1v) is 8.14. The molecule has 1 fully saturated rings. The van der Waals surface area contributed by atoms with Gasteiger partial charge in [-0.25, -0.2) is 0 Å². The van der Waals surface area contributed by atoms with E-state index < -0.39 is 0 Å². The smallest absolute Gasteiger partial charge is 0.273 e. The Morgan fingerprint density at radius 2 is 2.33 bits per heavy atom. The number of aryl methyl sites for hydroxylation is 2. The molecule has 2 aromatic rings. The van der Waals surface area contributed by atoms with Crippen molar-refractivity contribution in [2.75, 3.05) is 26.2 Å². The maximum atomic E-state index is 12.2. The number of ether oxygens (including phenoxy) is 1. The molecular weight excluding hydrogens is 310 g/mol. The van der Waals surface area contributed by atoms with Crippen molar-refractivity contribution in [3.63, 3.8) is 0 Å². The molecule has 0 aliphatic carbocycles. The minimum atomic E-state index is -0.256. The zero-order valence-electron chi connectivity index (χ0n) is 14.2. The fourth-order valence-corrected chi connectivity index (χ4v) is 3.09. The van der Waals surface area contributed by atoms with E-state index in [1.165, 1.54) is 0 Å². The number of hydrogen-bond donors (Lipinski definition) is 1. The van der Waals surface area contributed by atoms with Crippen molar-refractivity contribution in [1.29, 1.82) is 0 Å². The topological polar surface area (TPSA) is 85.4 Å². The number of rotatable bonds is 5. The summed E-state index contributed by atoms with van der Waals surface area (Å²) in [6, 6.07) is 1.69. The Morgan fingerprint density at radius 3 is 2.96 bits per heavy atom. The second kappa shape index (κ2) is 7.14. The third kappa shape index (κ3) is 3.49. The van der Waals surface area contributed by atoms with Crippen LogP contribution in [0.2, 0.25) is 0 Å². The lowest BCUT2D eigenvalue weighted by molar-refractivity contribution is -0.0685. The molecule has 1 aliphatic heterocycles. The standard InChI is InChI=1S/C16H23N5O3/c1-4-21-5-6-23-14(15(21)12-8-18-20(3)10-12)9-17-16(22)13-7-11(2)24-19-13/h7-8,10,14-15H,4-6,9H2,1-3H3,(H,17,22)/t14-,15-/m0/s1. The normalized spacial score (nSPS) is 21.8. The highest BCUT2D eigenvalue weighted by Gasteiger charge is 2.34. The van der Waals surface area contributed by atoms with Crippen molar-refractivity contribution < 1.29 is 14.1 Å². The van der Waals surface area contributed by atoms with Crippen LogP contribution in [0.1, 0.15) is 34.8 Å². The number of aromatic nitrogens is 3. The highest BCUT2D eigenvalue weighted by molar-refractivity contribution is 5.92. The molecule has 1 aliphatic rings. The van der Waals surface area contributed by atoms with Crippen LogP contribution in [0.4, 0.5) is 0 Å².